The van der Waals surface area contributed by atoms with Crippen molar-refractivity contribution in [2.45, 2.75) is 5.54 Å². The van der Waals surface area contributed by atoms with E-state index in [4.69, 9.17) is 16.3 Å². The number of esters is 1. The first-order chi connectivity index (χ1) is 13.0. The summed E-state index contributed by atoms with van der Waals surface area (Å²) in [5.74, 6) is -2.96. The molecule has 0 radical (unpaired) electrons. The van der Waals surface area contributed by atoms with Gasteiger partial charge in [-0.2, -0.15) is 5.10 Å². The molecule has 2 aromatic carbocycles. The molecular weight excluding hydrogens is 370 g/mol. The second-order valence-corrected chi connectivity index (χ2v) is 6.60. The zero-order chi connectivity index (χ0) is 19.2. The van der Waals surface area contributed by atoms with Crippen LogP contribution in [0.1, 0.15) is 5.56 Å². The molecule has 0 unspecified atom stereocenters. The SMILES string of the molecule is COC(=O)C1=NN[C@]2(c3ccccc3)C(=O)N(c3ccc(Cl)cc3)C(=O)[C@@H]12. The topological polar surface area (TPSA) is 88.1 Å². The van der Waals surface area contributed by atoms with E-state index in [1.54, 1.807) is 54.6 Å². The van der Waals surface area contributed by atoms with Gasteiger partial charge < -0.3 is 4.74 Å². The molecular formula is C19H14ClN3O4. The van der Waals surface area contributed by atoms with Crippen LogP contribution in [0.5, 0.6) is 0 Å². The van der Waals surface area contributed by atoms with Gasteiger partial charge in [-0.05, 0) is 29.8 Å². The summed E-state index contributed by atoms with van der Waals surface area (Å²) in [6.45, 7) is 0. The number of fused-ring (bicyclic) bond motifs is 1. The van der Waals surface area contributed by atoms with Gasteiger partial charge in [0, 0.05) is 5.02 Å². The van der Waals surface area contributed by atoms with Gasteiger partial charge in [0.15, 0.2) is 11.3 Å². The van der Waals surface area contributed by atoms with E-state index in [2.05, 4.69) is 10.5 Å². The number of hydrazone groups is 1. The maximum Gasteiger partial charge on any atom is 0.355 e. The zero-order valence-corrected chi connectivity index (χ0v) is 14.9. The van der Waals surface area contributed by atoms with Crippen LogP contribution in [0.2, 0.25) is 5.02 Å². The number of halogens is 1. The summed E-state index contributed by atoms with van der Waals surface area (Å²) in [6.07, 6.45) is 0. The standard InChI is InChI=1S/C19H14ClN3O4/c1-27-17(25)15-14-16(24)23(13-9-7-12(20)8-10-13)18(26)19(14,22-21-15)11-5-3-2-4-6-11/h2-10,14,22H,1H3/t14-,19+/m1/s1. The Morgan fingerprint density at radius 3 is 2.44 bits per heavy atom. The molecule has 1 N–H and O–H groups in total. The summed E-state index contributed by atoms with van der Waals surface area (Å²) in [5, 5.41) is 4.46. The largest absolute Gasteiger partial charge is 0.464 e. The van der Waals surface area contributed by atoms with Gasteiger partial charge in [0.25, 0.3) is 5.91 Å². The molecule has 4 rings (SSSR count). The van der Waals surface area contributed by atoms with Crippen LogP contribution >= 0.6 is 11.6 Å². The maximum atomic E-state index is 13.4. The molecule has 136 valence electrons. The number of ether oxygens (including phenoxy) is 1. The van der Waals surface area contributed by atoms with Gasteiger partial charge in [0.2, 0.25) is 5.91 Å². The minimum absolute atomic E-state index is 0.129. The average molecular weight is 384 g/mol. The van der Waals surface area contributed by atoms with E-state index in [0.29, 0.717) is 16.3 Å². The van der Waals surface area contributed by atoms with E-state index >= 15 is 0 Å². The molecule has 1 fully saturated rings. The second kappa shape index (κ2) is 6.21. The molecule has 2 aliphatic rings. The third-order valence-electron chi connectivity index (χ3n) is 4.78. The van der Waals surface area contributed by atoms with Crippen molar-refractivity contribution in [3.8, 4) is 0 Å². The summed E-state index contributed by atoms with van der Waals surface area (Å²) in [7, 11) is 1.20. The quantitative estimate of drug-likeness (QED) is 0.645. The number of hydrogen-bond donors (Lipinski definition) is 1. The lowest BCUT2D eigenvalue weighted by atomic mass is 9.79. The zero-order valence-electron chi connectivity index (χ0n) is 14.2. The molecule has 0 aliphatic carbocycles. The van der Waals surface area contributed by atoms with Crippen molar-refractivity contribution in [1.82, 2.24) is 5.43 Å². The molecule has 0 aromatic heterocycles. The normalized spacial score (nSPS) is 23.7. The van der Waals surface area contributed by atoms with Crippen LogP contribution in [0.25, 0.3) is 0 Å². The molecule has 0 bridgehead atoms. The molecule has 2 atom stereocenters. The van der Waals surface area contributed by atoms with E-state index < -0.39 is 29.2 Å². The number of amides is 2. The summed E-state index contributed by atoms with van der Waals surface area (Å²) in [4.78, 5) is 39.9. The van der Waals surface area contributed by atoms with Crippen molar-refractivity contribution in [3.63, 3.8) is 0 Å². The van der Waals surface area contributed by atoms with Crippen molar-refractivity contribution >= 4 is 40.8 Å². The number of nitrogens with zero attached hydrogens (tertiary/aromatic N) is 2. The molecule has 2 aromatic rings. The second-order valence-electron chi connectivity index (χ2n) is 6.16. The minimum atomic E-state index is -1.50. The summed E-state index contributed by atoms with van der Waals surface area (Å²) < 4.78 is 4.75. The molecule has 0 saturated carbocycles. The monoisotopic (exact) mass is 383 g/mol. The highest BCUT2D eigenvalue weighted by Crippen LogP contribution is 2.45. The van der Waals surface area contributed by atoms with E-state index in [9.17, 15) is 14.4 Å². The fourth-order valence-electron chi connectivity index (χ4n) is 3.52. The molecule has 27 heavy (non-hydrogen) atoms. The highest BCUT2D eigenvalue weighted by molar-refractivity contribution is 6.47. The van der Waals surface area contributed by atoms with Crippen molar-refractivity contribution in [2.24, 2.45) is 11.0 Å². The Balaban J connectivity index is 1.88. The van der Waals surface area contributed by atoms with E-state index in [-0.39, 0.29) is 5.71 Å². The molecule has 2 aliphatic heterocycles. The van der Waals surface area contributed by atoms with Crippen LogP contribution in [0.4, 0.5) is 5.69 Å². The molecule has 2 heterocycles. The number of rotatable bonds is 3. The molecule has 7 nitrogen and oxygen atoms in total. The first kappa shape index (κ1) is 17.2. The molecule has 0 spiro atoms. The Hall–Kier alpha value is -3.19. The summed E-state index contributed by atoms with van der Waals surface area (Å²) in [6, 6.07) is 15.1. The number of methoxy groups -OCH3 is 1. The number of benzene rings is 2. The summed E-state index contributed by atoms with van der Waals surface area (Å²) in [5.41, 5.74) is 2.03. The Kier molecular flexibility index (Phi) is 3.96. The van der Waals surface area contributed by atoms with Crippen LogP contribution in [-0.4, -0.2) is 30.6 Å². The fraction of sp³-hybridized carbons (Fsp3) is 0.158. The predicted octanol–water partition coefficient (Wildman–Crippen LogP) is 1.86. The molecule has 1 saturated heterocycles. The fourth-order valence-corrected chi connectivity index (χ4v) is 3.65. The van der Waals surface area contributed by atoms with E-state index in [1.165, 1.54) is 7.11 Å². The number of imide groups is 1. The Bertz CT molecular complexity index is 974. The smallest absolute Gasteiger partial charge is 0.355 e. The van der Waals surface area contributed by atoms with Crippen LogP contribution in [0.3, 0.4) is 0 Å². The third kappa shape index (κ3) is 2.35. The Labute approximate surface area is 159 Å². The average Bonchev–Trinajstić information content (AvgIpc) is 3.19. The maximum absolute atomic E-state index is 13.4. The van der Waals surface area contributed by atoms with Crippen molar-refractivity contribution in [3.05, 3.63) is 65.2 Å². The molecule has 8 heteroatoms. The number of nitrogens with one attached hydrogen (secondary N) is 1. The van der Waals surface area contributed by atoms with Gasteiger partial charge in [-0.25, -0.2) is 9.69 Å². The lowest BCUT2D eigenvalue weighted by Crippen LogP contribution is -2.48. The van der Waals surface area contributed by atoms with E-state index in [1.807, 2.05) is 0 Å². The van der Waals surface area contributed by atoms with Gasteiger partial charge in [0.1, 0.15) is 5.92 Å². The van der Waals surface area contributed by atoms with Crippen LogP contribution < -0.4 is 10.3 Å². The number of anilines is 1. The van der Waals surface area contributed by atoms with Crippen molar-refractivity contribution in [1.29, 1.82) is 0 Å². The van der Waals surface area contributed by atoms with Gasteiger partial charge in [0.05, 0.1) is 12.8 Å². The molecule has 2 amide bonds. The highest BCUT2D eigenvalue weighted by atomic mass is 35.5. The van der Waals surface area contributed by atoms with Crippen LogP contribution in [0.15, 0.2) is 59.7 Å². The van der Waals surface area contributed by atoms with Crippen molar-refractivity contribution < 1.29 is 19.1 Å². The van der Waals surface area contributed by atoms with Gasteiger partial charge >= 0.3 is 5.97 Å². The number of carbonyl (C=O) groups excluding carboxylic acids is 3. The lowest BCUT2D eigenvalue weighted by molar-refractivity contribution is -0.133. The number of carbonyl (C=O) groups is 3. The summed E-state index contributed by atoms with van der Waals surface area (Å²) >= 11 is 5.91. The van der Waals surface area contributed by atoms with Gasteiger partial charge in [-0.1, -0.05) is 41.9 Å². The highest BCUT2D eigenvalue weighted by Gasteiger charge is 2.67. The third-order valence-corrected chi connectivity index (χ3v) is 5.03. The van der Waals surface area contributed by atoms with Crippen molar-refractivity contribution in [2.75, 3.05) is 12.0 Å². The Morgan fingerprint density at radius 2 is 1.81 bits per heavy atom. The first-order valence-corrected chi connectivity index (χ1v) is 8.51. The minimum Gasteiger partial charge on any atom is -0.464 e. The van der Waals surface area contributed by atoms with Gasteiger partial charge in [-0.15, -0.1) is 0 Å². The predicted molar refractivity (Wildman–Crippen MR) is 98.1 cm³/mol. The van der Waals surface area contributed by atoms with Gasteiger partial charge in [-0.3, -0.25) is 15.0 Å². The van der Waals surface area contributed by atoms with Crippen LogP contribution in [-0.2, 0) is 24.7 Å². The number of hydrogen-bond acceptors (Lipinski definition) is 6. The van der Waals surface area contributed by atoms with Crippen LogP contribution in [0, 0.1) is 5.92 Å². The van der Waals surface area contributed by atoms with E-state index in [0.717, 1.165) is 4.90 Å². The lowest BCUT2D eigenvalue weighted by Gasteiger charge is -2.26. The Morgan fingerprint density at radius 1 is 1.15 bits per heavy atom. The first-order valence-electron chi connectivity index (χ1n) is 8.13.